The minimum absolute atomic E-state index is 0.324. The maximum absolute atomic E-state index is 9.84. The maximum atomic E-state index is 9.84. The van der Waals surface area contributed by atoms with Gasteiger partial charge in [-0.25, -0.2) is 0 Å². The fourth-order valence-electron chi connectivity index (χ4n) is 0.306. The number of hydrogen-bond acceptors (Lipinski definition) is 4. The van der Waals surface area contributed by atoms with Gasteiger partial charge in [0.05, 0.1) is 0 Å². The Hall–Kier alpha value is -1.13. The standard InChI is InChI=1S/C4H7NO4/c1-2-4(3-6)9-5(7)8/h3-4H,2H2,1H3. The van der Waals surface area contributed by atoms with Gasteiger partial charge in [0.15, 0.2) is 6.10 Å². The summed E-state index contributed by atoms with van der Waals surface area (Å²) in [6, 6.07) is 0. The normalized spacial score (nSPS) is 12.1. The molecular weight excluding hydrogens is 126 g/mol. The number of hydrogen-bond donors (Lipinski definition) is 0. The molecule has 0 N–H and O–H groups in total. The number of carbonyl (C=O) groups is 1. The summed E-state index contributed by atoms with van der Waals surface area (Å²) in [5, 5.41) is 8.58. The molecule has 0 heterocycles. The Bertz CT molecular complexity index is 113. The van der Waals surface area contributed by atoms with Crippen LogP contribution in [-0.4, -0.2) is 17.5 Å². The molecule has 0 amide bonds. The Labute approximate surface area is 51.7 Å². The van der Waals surface area contributed by atoms with E-state index in [2.05, 4.69) is 4.84 Å². The van der Waals surface area contributed by atoms with Crippen LogP contribution >= 0.6 is 0 Å². The molecule has 1 atom stereocenters. The quantitative estimate of drug-likeness (QED) is 0.311. The molecule has 5 heteroatoms. The molecule has 5 nitrogen and oxygen atoms in total. The van der Waals surface area contributed by atoms with Gasteiger partial charge in [0.2, 0.25) is 0 Å². The average Bonchev–Trinajstić information content (AvgIpc) is 1.82. The highest BCUT2D eigenvalue weighted by molar-refractivity contribution is 5.55. The van der Waals surface area contributed by atoms with Crippen molar-refractivity contribution in [3.63, 3.8) is 0 Å². The van der Waals surface area contributed by atoms with Gasteiger partial charge < -0.3 is 9.63 Å². The Balaban J connectivity index is 3.55. The lowest BCUT2D eigenvalue weighted by atomic mass is 10.3. The van der Waals surface area contributed by atoms with Gasteiger partial charge in [0.1, 0.15) is 6.29 Å². The summed E-state index contributed by atoms with van der Waals surface area (Å²) in [7, 11) is 0. The van der Waals surface area contributed by atoms with Crippen molar-refractivity contribution in [2.45, 2.75) is 19.4 Å². The Morgan fingerprint density at radius 3 is 2.56 bits per heavy atom. The minimum Gasteiger partial charge on any atom is -0.303 e. The van der Waals surface area contributed by atoms with E-state index in [-0.39, 0.29) is 0 Å². The molecule has 0 aliphatic carbocycles. The fourth-order valence-corrected chi connectivity index (χ4v) is 0.306. The van der Waals surface area contributed by atoms with Crippen molar-refractivity contribution in [1.29, 1.82) is 0 Å². The number of aldehydes is 1. The van der Waals surface area contributed by atoms with Crippen LogP contribution in [0.5, 0.6) is 0 Å². The molecule has 0 saturated heterocycles. The van der Waals surface area contributed by atoms with Gasteiger partial charge in [-0.05, 0) is 6.42 Å². The largest absolute Gasteiger partial charge is 0.303 e. The summed E-state index contributed by atoms with van der Waals surface area (Å²) in [6.45, 7) is 1.63. The molecule has 1 unspecified atom stereocenters. The Morgan fingerprint density at radius 1 is 1.89 bits per heavy atom. The number of carbonyl (C=O) groups excluding carboxylic acids is 1. The molecule has 9 heavy (non-hydrogen) atoms. The molecule has 0 rings (SSSR count). The second kappa shape index (κ2) is 3.82. The second-order valence-corrected chi connectivity index (χ2v) is 1.41. The number of rotatable bonds is 4. The third-order valence-electron chi connectivity index (χ3n) is 0.776. The molecule has 0 aromatic heterocycles. The maximum Gasteiger partial charge on any atom is 0.295 e. The summed E-state index contributed by atoms with van der Waals surface area (Å²) in [6.07, 6.45) is -0.173. The third-order valence-corrected chi connectivity index (χ3v) is 0.776. The predicted molar refractivity (Wildman–Crippen MR) is 28.2 cm³/mol. The van der Waals surface area contributed by atoms with Crippen LogP contribution in [-0.2, 0) is 9.63 Å². The second-order valence-electron chi connectivity index (χ2n) is 1.41. The van der Waals surface area contributed by atoms with E-state index in [9.17, 15) is 14.9 Å². The Morgan fingerprint density at radius 2 is 2.44 bits per heavy atom. The molecule has 52 valence electrons. The SMILES string of the molecule is CCC(C=O)O[N+](=O)[O-]. The molecule has 0 aromatic rings. The van der Waals surface area contributed by atoms with E-state index in [1.165, 1.54) is 0 Å². The van der Waals surface area contributed by atoms with E-state index in [0.29, 0.717) is 12.7 Å². The highest BCUT2D eigenvalue weighted by atomic mass is 17.0. The zero-order valence-corrected chi connectivity index (χ0v) is 4.94. The van der Waals surface area contributed by atoms with Crippen LogP contribution in [0.4, 0.5) is 0 Å². The molecule has 0 saturated carbocycles. The van der Waals surface area contributed by atoms with Gasteiger partial charge >= 0.3 is 0 Å². The van der Waals surface area contributed by atoms with Crippen LogP contribution in [0.15, 0.2) is 0 Å². The lowest BCUT2D eigenvalue weighted by Gasteiger charge is -2.01. The lowest BCUT2D eigenvalue weighted by molar-refractivity contribution is -0.764. The van der Waals surface area contributed by atoms with Crippen LogP contribution in [0.3, 0.4) is 0 Å². The van der Waals surface area contributed by atoms with Gasteiger partial charge in [0, 0.05) is 0 Å². The molecule has 0 fully saturated rings. The molecule has 0 aliphatic heterocycles. The molecule has 0 aromatic carbocycles. The molecule has 0 bridgehead atoms. The third kappa shape index (κ3) is 3.45. The van der Waals surface area contributed by atoms with Gasteiger partial charge in [-0.1, -0.05) is 6.92 Å². The van der Waals surface area contributed by atoms with Gasteiger partial charge in [-0.2, -0.15) is 0 Å². The van der Waals surface area contributed by atoms with Crippen LogP contribution < -0.4 is 0 Å². The van der Waals surface area contributed by atoms with Crippen LogP contribution in [0.2, 0.25) is 0 Å². The minimum atomic E-state index is -0.970. The van der Waals surface area contributed by atoms with Crippen molar-refractivity contribution < 1.29 is 14.7 Å². The van der Waals surface area contributed by atoms with E-state index in [1.54, 1.807) is 6.92 Å². The van der Waals surface area contributed by atoms with E-state index >= 15 is 0 Å². The van der Waals surface area contributed by atoms with Crippen molar-refractivity contribution in [2.75, 3.05) is 0 Å². The zero-order valence-electron chi connectivity index (χ0n) is 4.94. The number of nitrogens with zero attached hydrogens (tertiary/aromatic N) is 1. The Kier molecular flexibility index (Phi) is 3.34. The summed E-state index contributed by atoms with van der Waals surface area (Å²) < 4.78 is 0. The highest BCUT2D eigenvalue weighted by Gasteiger charge is 2.07. The van der Waals surface area contributed by atoms with Gasteiger partial charge in [0.25, 0.3) is 5.09 Å². The van der Waals surface area contributed by atoms with Crippen LogP contribution in [0, 0.1) is 10.1 Å². The van der Waals surface area contributed by atoms with E-state index in [4.69, 9.17) is 0 Å². The van der Waals surface area contributed by atoms with E-state index in [1.807, 2.05) is 0 Å². The van der Waals surface area contributed by atoms with Gasteiger partial charge in [-0.3, -0.25) is 0 Å². The fraction of sp³-hybridized carbons (Fsp3) is 0.750. The summed E-state index contributed by atoms with van der Waals surface area (Å²) in [5.74, 6) is 0. The van der Waals surface area contributed by atoms with Gasteiger partial charge in [-0.15, -0.1) is 10.1 Å². The average molecular weight is 133 g/mol. The highest BCUT2D eigenvalue weighted by Crippen LogP contribution is 1.92. The lowest BCUT2D eigenvalue weighted by Crippen LogP contribution is -2.16. The first-order valence-corrected chi connectivity index (χ1v) is 2.47. The van der Waals surface area contributed by atoms with Crippen molar-refractivity contribution in [3.05, 3.63) is 10.1 Å². The van der Waals surface area contributed by atoms with E-state index < -0.39 is 11.2 Å². The summed E-state index contributed by atoms with van der Waals surface area (Å²) >= 11 is 0. The summed E-state index contributed by atoms with van der Waals surface area (Å²) in [4.78, 5) is 23.3. The van der Waals surface area contributed by atoms with Crippen molar-refractivity contribution >= 4 is 6.29 Å². The van der Waals surface area contributed by atoms with Crippen molar-refractivity contribution in [2.24, 2.45) is 0 Å². The van der Waals surface area contributed by atoms with Crippen molar-refractivity contribution in [1.82, 2.24) is 0 Å². The van der Waals surface area contributed by atoms with Crippen LogP contribution in [0.25, 0.3) is 0 Å². The smallest absolute Gasteiger partial charge is 0.295 e. The first-order valence-electron chi connectivity index (χ1n) is 2.47. The first kappa shape index (κ1) is 7.87. The van der Waals surface area contributed by atoms with Crippen LogP contribution in [0.1, 0.15) is 13.3 Å². The van der Waals surface area contributed by atoms with Crippen molar-refractivity contribution in [3.8, 4) is 0 Å². The van der Waals surface area contributed by atoms with E-state index in [0.717, 1.165) is 0 Å². The predicted octanol–water partition coefficient (Wildman–Crippen LogP) is 0.172. The monoisotopic (exact) mass is 133 g/mol. The first-order chi connectivity index (χ1) is 4.20. The summed E-state index contributed by atoms with van der Waals surface area (Å²) in [5.41, 5.74) is 0. The molecule has 0 spiro atoms. The molecule has 0 aliphatic rings. The topological polar surface area (TPSA) is 69.4 Å². The molecular formula is C4H7NO4. The zero-order chi connectivity index (χ0) is 7.28. The molecule has 0 radical (unpaired) electrons.